The summed E-state index contributed by atoms with van der Waals surface area (Å²) in [6.45, 7) is 0.351. The van der Waals surface area contributed by atoms with Gasteiger partial charge in [0.2, 0.25) is 0 Å². The van der Waals surface area contributed by atoms with Gasteiger partial charge < -0.3 is 20.6 Å². The van der Waals surface area contributed by atoms with Crippen LogP contribution in [0.4, 0.5) is 5.69 Å². The maximum atomic E-state index is 11.9. The van der Waals surface area contributed by atoms with Gasteiger partial charge in [0.25, 0.3) is 0 Å². The molecule has 158 valence electrons. The van der Waals surface area contributed by atoms with Crippen molar-refractivity contribution in [2.24, 2.45) is 29.6 Å². The standard InChI is InChI=1S/C25H29NO4/c27-21-2-4-24(28)19(11-21)13-26-20-1-3-22(25(29)30)18(10-20)12-23-16-6-14-5-15(8-16)9-17(23)7-14/h1-4,10-11,14-17,23,26-28H,5-9,12-13H2,(H,29,30). The van der Waals surface area contributed by atoms with Crippen LogP contribution < -0.4 is 5.32 Å². The number of carboxylic acids is 1. The summed E-state index contributed by atoms with van der Waals surface area (Å²) in [6, 6.07) is 9.89. The third kappa shape index (κ3) is 3.62. The van der Waals surface area contributed by atoms with Gasteiger partial charge in [-0.2, -0.15) is 0 Å². The van der Waals surface area contributed by atoms with E-state index in [4.69, 9.17) is 0 Å². The van der Waals surface area contributed by atoms with Crippen LogP contribution in [0.25, 0.3) is 0 Å². The fourth-order valence-corrected chi connectivity index (χ4v) is 6.62. The number of carboxylic acid groups (broad SMARTS) is 1. The number of aromatic hydroxyl groups is 2. The average molecular weight is 408 g/mol. The van der Waals surface area contributed by atoms with E-state index < -0.39 is 5.97 Å². The zero-order valence-corrected chi connectivity index (χ0v) is 17.1. The Morgan fingerprint density at radius 3 is 2.27 bits per heavy atom. The lowest BCUT2D eigenvalue weighted by molar-refractivity contribution is -0.0360. The molecule has 6 rings (SSSR count). The second kappa shape index (κ2) is 7.53. The van der Waals surface area contributed by atoms with Gasteiger partial charge in [0, 0.05) is 17.8 Å². The van der Waals surface area contributed by atoms with Gasteiger partial charge in [0.15, 0.2) is 0 Å². The molecule has 0 unspecified atom stereocenters. The number of carbonyl (C=O) groups is 1. The molecule has 2 aromatic carbocycles. The lowest BCUT2D eigenvalue weighted by atomic mass is 9.51. The predicted octanol–water partition coefficient (Wildman–Crippen LogP) is 5.02. The van der Waals surface area contributed by atoms with Gasteiger partial charge in [-0.15, -0.1) is 0 Å². The number of aromatic carboxylic acids is 1. The Balaban J connectivity index is 1.36. The number of nitrogens with one attached hydrogen (secondary N) is 1. The van der Waals surface area contributed by atoms with Crippen LogP contribution in [0, 0.1) is 29.6 Å². The smallest absolute Gasteiger partial charge is 0.335 e. The summed E-state index contributed by atoms with van der Waals surface area (Å²) < 4.78 is 0. The number of hydrogen-bond donors (Lipinski definition) is 4. The summed E-state index contributed by atoms with van der Waals surface area (Å²) in [5.74, 6) is 3.28. The van der Waals surface area contributed by atoms with Crippen molar-refractivity contribution in [1.82, 2.24) is 0 Å². The Kier molecular flexibility index (Phi) is 4.84. The first-order valence-electron chi connectivity index (χ1n) is 11.1. The van der Waals surface area contributed by atoms with E-state index in [0.717, 1.165) is 41.3 Å². The van der Waals surface area contributed by atoms with Crippen LogP contribution in [-0.4, -0.2) is 21.3 Å². The summed E-state index contributed by atoms with van der Waals surface area (Å²) in [7, 11) is 0. The lowest BCUT2D eigenvalue weighted by Gasteiger charge is -2.54. The Hall–Kier alpha value is -2.69. The van der Waals surface area contributed by atoms with Crippen LogP contribution >= 0.6 is 0 Å². The van der Waals surface area contributed by atoms with Crippen molar-refractivity contribution in [3.05, 3.63) is 53.1 Å². The molecule has 0 aromatic heterocycles. The lowest BCUT2D eigenvalue weighted by Crippen LogP contribution is -2.45. The van der Waals surface area contributed by atoms with Gasteiger partial charge in [-0.05, 0) is 110 Å². The molecule has 0 saturated heterocycles. The maximum absolute atomic E-state index is 11.9. The monoisotopic (exact) mass is 407 g/mol. The number of phenols is 2. The van der Waals surface area contributed by atoms with Crippen LogP contribution in [0.1, 0.15) is 53.6 Å². The Bertz CT molecular complexity index is 942. The van der Waals surface area contributed by atoms with Gasteiger partial charge in [-0.1, -0.05) is 0 Å². The topological polar surface area (TPSA) is 89.8 Å². The Morgan fingerprint density at radius 2 is 1.60 bits per heavy atom. The number of phenolic OH excluding ortho intramolecular Hbond substituents is 2. The molecule has 0 amide bonds. The molecule has 4 saturated carbocycles. The molecule has 4 aliphatic carbocycles. The van der Waals surface area contributed by atoms with E-state index >= 15 is 0 Å². The van der Waals surface area contributed by atoms with E-state index in [-0.39, 0.29) is 11.5 Å². The van der Waals surface area contributed by atoms with Crippen LogP contribution in [0.2, 0.25) is 0 Å². The second-order valence-corrected chi connectivity index (χ2v) is 9.64. The largest absolute Gasteiger partial charge is 0.508 e. The summed E-state index contributed by atoms with van der Waals surface area (Å²) in [5.41, 5.74) is 2.74. The van der Waals surface area contributed by atoms with Gasteiger partial charge >= 0.3 is 5.97 Å². The SMILES string of the molecule is O=C(O)c1ccc(NCc2cc(O)ccc2O)cc1CC1C2CC3CC(C2)CC1C3. The van der Waals surface area contributed by atoms with Gasteiger partial charge in [-0.3, -0.25) is 0 Å². The fraction of sp³-hybridized carbons (Fsp3) is 0.480. The highest BCUT2D eigenvalue weighted by Gasteiger charge is 2.48. The minimum Gasteiger partial charge on any atom is -0.508 e. The van der Waals surface area contributed by atoms with E-state index in [1.165, 1.54) is 50.3 Å². The third-order valence-electron chi connectivity index (χ3n) is 7.76. The van der Waals surface area contributed by atoms with E-state index in [2.05, 4.69) is 5.32 Å². The van der Waals surface area contributed by atoms with E-state index in [0.29, 0.717) is 23.6 Å². The number of benzene rings is 2. The quantitative estimate of drug-likeness (QED) is 0.505. The van der Waals surface area contributed by atoms with Crippen molar-refractivity contribution in [2.45, 2.75) is 45.1 Å². The molecule has 4 N–H and O–H groups in total. The molecule has 2 aromatic rings. The predicted molar refractivity (Wildman–Crippen MR) is 115 cm³/mol. The Morgan fingerprint density at radius 1 is 0.900 bits per heavy atom. The average Bonchev–Trinajstić information content (AvgIpc) is 2.70. The Labute approximate surface area is 176 Å². The summed E-state index contributed by atoms with van der Waals surface area (Å²) >= 11 is 0. The van der Waals surface area contributed by atoms with Crippen molar-refractivity contribution in [2.75, 3.05) is 5.32 Å². The summed E-state index contributed by atoms with van der Waals surface area (Å²) in [6.07, 6.45) is 7.57. The minimum atomic E-state index is -0.869. The molecule has 5 nitrogen and oxygen atoms in total. The van der Waals surface area contributed by atoms with Gasteiger partial charge in [0.1, 0.15) is 11.5 Å². The summed E-state index contributed by atoms with van der Waals surface area (Å²) in [4.78, 5) is 11.9. The van der Waals surface area contributed by atoms with E-state index in [1.807, 2.05) is 6.07 Å². The molecule has 0 radical (unpaired) electrons. The van der Waals surface area contributed by atoms with Crippen LogP contribution in [-0.2, 0) is 13.0 Å². The molecule has 30 heavy (non-hydrogen) atoms. The van der Waals surface area contributed by atoms with Crippen molar-refractivity contribution in [3.8, 4) is 11.5 Å². The highest BCUT2D eigenvalue weighted by Crippen LogP contribution is 2.57. The minimum absolute atomic E-state index is 0.105. The maximum Gasteiger partial charge on any atom is 0.335 e. The number of hydrogen-bond acceptors (Lipinski definition) is 4. The van der Waals surface area contributed by atoms with Crippen LogP contribution in [0.15, 0.2) is 36.4 Å². The highest BCUT2D eigenvalue weighted by molar-refractivity contribution is 5.90. The molecular formula is C25H29NO4. The summed E-state index contributed by atoms with van der Waals surface area (Å²) in [5, 5.41) is 32.6. The molecule has 5 heteroatoms. The normalized spacial score (nSPS) is 29.1. The number of anilines is 1. The highest BCUT2D eigenvalue weighted by atomic mass is 16.4. The second-order valence-electron chi connectivity index (χ2n) is 9.64. The zero-order chi connectivity index (χ0) is 20.8. The van der Waals surface area contributed by atoms with Crippen molar-refractivity contribution < 1.29 is 20.1 Å². The molecule has 0 spiro atoms. The van der Waals surface area contributed by atoms with Crippen molar-refractivity contribution in [3.63, 3.8) is 0 Å². The molecule has 0 heterocycles. The molecular weight excluding hydrogens is 378 g/mol. The molecule has 0 atom stereocenters. The first-order chi connectivity index (χ1) is 14.5. The zero-order valence-electron chi connectivity index (χ0n) is 17.1. The van der Waals surface area contributed by atoms with E-state index in [1.54, 1.807) is 12.1 Å². The molecule has 0 aliphatic heterocycles. The van der Waals surface area contributed by atoms with Crippen molar-refractivity contribution in [1.29, 1.82) is 0 Å². The van der Waals surface area contributed by atoms with Crippen molar-refractivity contribution >= 4 is 11.7 Å². The first kappa shape index (κ1) is 19.3. The first-order valence-corrected chi connectivity index (χ1v) is 11.1. The van der Waals surface area contributed by atoms with Crippen LogP contribution in [0.5, 0.6) is 11.5 Å². The van der Waals surface area contributed by atoms with Gasteiger partial charge in [0.05, 0.1) is 5.56 Å². The molecule has 4 bridgehead atoms. The van der Waals surface area contributed by atoms with Gasteiger partial charge in [-0.25, -0.2) is 4.79 Å². The fourth-order valence-electron chi connectivity index (χ4n) is 6.62. The molecule has 4 aliphatic rings. The molecule has 4 fully saturated rings. The third-order valence-corrected chi connectivity index (χ3v) is 7.76. The number of rotatable bonds is 6. The van der Waals surface area contributed by atoms with E-state index in [9.17, 15) is 20.1 Å². The van der Waals surface area contributed by atoms with Crippen LogP contribution in [0.3, 0.4) is 0 Å².